The number of methoxy groups -OCH3 is 1. The molecule has 304 valence electrons. The van der Waals surface area contributed by atoms with Gasteiger partial charge in [0, 0.05) is 76.2 Å². The molecule has 0 amide bonds. The zero-order chi connectivity index (χ0) is 39.9. The van der Waals surface area contributed by atoms with Crippen molar-refractivity contribution in [2.45, 2.75) is 77.5 Å². The number of benzene rings is 2. The second kappa shape index (κ2) is 16.4. The van der Waals surface area contributed by atoms with Gasteiger partial charge in [0.25, 0.3) is 0 Å². The zero-order valence-electron chi connectivity index (χ0n) is 34.5. The lowest BCUT2D eigenvalue weighted by molar-refractivity contribution is 0.0601. The summed E-state index contributed by atoms with van der Waals surface area (Å²) in [6.45, 7) is 19.6. The number of carbonyl (C=O) groups is 1. The molecule has 10 nitrogen and oxygen atoms in total. The van der Waals surface area contributed by atoms with Crippen molar-refractivity contribution in [2.24, 2.45) is 5.41 Å². The Hall–Kier alpha value is -3.87. The smallest absolute Gasteiger partial charge is 0.339 e. The Morgan fingerprint density at radius 2 is 1.77 bits per heavy atom. The number of anilines is 3. The van der Waals surface area contributed by atoms with Crippen LogP contribution in [0.25, 0.3) is 16.6 Å². The minimum atomic E-state index is -1.15. The van der Waals surface area contributed by atoms with Gasteiger partial charge in [0.05, 0.1) is 44.2 Å². The molecule has 2 atom stereocenters. The predicted molar refractivity (Wildman–Crippen MR) is 232 cm³/mol. The SMILES string of the molecule is COC(=O)c1ccc(N2CCN(CC3=C(c4ccc(Cl)cc4)CC(C)(C)CC3)CC2)cc1N1c2cc3ccn(CCOCC[Si](C)(C)C)c3nc2O[C@@H]2COC[C@H]21. The molecule has 8 rings (SSSR count). The van der Waals surface area contributed by atoms with Gasteiger partial charge in [0.1, 0.15) is 17.4 Å². The lowest BCUT2D eigenvalue weighted by atomic mass is 9.72. The van der Waals surface area contributed by atoms with Crippen LogP contribution in [0.5, 0.6) is 5.88 Å². The molecular weight excluding hydrogens is 754 g/mol. The van der Waals surface area contributed by atoms with Crippen LogP contribution < -0.4 is 14.5 Å². The maximum Gasteiger partial charge on any atom is 0.339 e. The van der Waals surface area contributed by atoms with Gasteiger partial charge in [-0.25, -0.2) is 4.79 Å². The van der Waals surface area contributed by atoms with Crippen molar-refractivity contribution >= 4 is 59.3 Å². The van der Waals surface area contributed by atoms with Gasteiger partial charge in [0.2, 0.25) is 5.88 Å². The fourth-order valence-corrected chi connectivity index (χ4v) is 9.65. The van der Waals surface area contributed by atoms with Crippen molar-refractivity contribution in [1.82, 2.24) is 14.5 Å². The third-order valence-corrected chi connectivity index (χ3v) is 14.1. The maximum atomic E-state index is 13.4. The van der Waals surface area contributed by atoms with E-state index in [2.05, 4.69) is 95.4 Å². The molecule has 2 aromatic carbocycles. The van der Waals surface area contributed by atoms with Crippen LogP contribution in [0.15, 0.2) is 66.4 Å². The number of rotatable bonds is 12. The first-order valence-corrected chi connectivity index (χ1v) is 24.7. The molecule has 1 aliphatic carbocycles. The van der Waals surface area contributed by atoms with Crippen LogP contribution >= 0.6 is 11.6 Å². The Morgan fingerprint density at radius 1 is 0.982 bits per heavy atom. The van der Waals surface area contributed by atoms with Crippen LogP contribution in [0.1, 0.15) is 49.0 Å². The molecule has 0 unspecified atom stereocenters. The summed E-state index contributed by atoms with van der Waals surface area (Å²) in [5.74, 6) is 0.168. The summed E-state index contributed by atoms with van der Waals surface area (Å²) in [7, 11) is 0.294. The highest BCUT2D eigenvalue weighted by atomic mass is 35.5. The standard InChI is InChI=1S/C45H58ClN5O5Si/c1-45(2)15-13-33(37(27-45)31-7-9-34(46)10-8-31)28-48-17-19-49(20-18-48)35-11-12-36(44(52)53-3)38(26-35)51-39-25-32-14-16-50(21-22-54-23-24-57(4,5)6)42(32)47-43(39)56-41-30-55-29-40(41)51/h7-12,14,16,25-26,40-41H,13,15,17-24,27-30H2,1-6H3/t40-,41-/m1/s1. The minimum Gasteiger partial charge on any atom is -0.468 e. The highest BCUT2D eigenvalue weighted by Gasteiger charge is 2.43. The average Bonchev–Trinajstić information content (AvgIpc) is 3.82. The van der Waals surface area contributed by atoms with Crippen molar-refractivity contribution in [1.29, 1.82) is 0 Å². The van der Waals surface area contributed by atoms with Crippen LogP contribution in [0.3, 0.4) is 0 Å². The molecule has 0 radical (unpaired) electrons. The first kappa shape index (κ1) is 39.9. The topological polar surface area (TPSA) is 81.5 Å². The second-order valence-electron chi connectivity index (χ2n) is 18.2. The highest BCUT2D eigenvalue weighted by molar-refractivity contribution is 6.76. The van der Waals surface area contributed by atoms with Crippen LogP contribution in [-0.2, 0) is 20.8 Å². The van der Waals surface area contributed by atoms with Crippen LogP contribution in [-0.4, -0.2) is 107 Å². The summed E-state index contributed by atoms with van der Waals surface area (Å²) < 4.78 is 26.1. The number of halogens is 1. The Kier molecular flexibility index (Phi) is 11.5. The third-order valence-electron chi connectivity index (χ3n) is 12.2. The van der Waals surface area contributed by atoms with Gasteiger partial charge in [-0.15, -0.1) is 0 Å². The molecule has 2 saturated heterocycles. The molecule has 0 bridgehead atoms. The molecule has 4 aromatic rings. The van der Waals surface area contributed by atoms with Crippen LogP contribution in [0.2, 0.25) is 30.7 Å². The van der Waals surface area contributed by atoms with Gasteiger partial charge in [-0.05, 0) is 84.3 Å². The Bertz CT molecular complexity index is 2120. The molecule has 5 heterocycles. The summed E-state index contributed by atoms with van der Waals surface area (Å²) in [4.78, 5) is 25.8. The number of ether oxygens (including phenoxy) is 4. The largest absolute Gasteiger partial charge is 0.468 e. The summed E-state index contributed by atoms with van der Waals surface area (Å²) in [5.41, 5.74) is 8.67. The molecule has 3 aliphatic heterocycles. The molecule has 12 heteroatoms. The number of allylic oxidation sites excluding steroid dienone is 1. The molecule has 0 saturated carbocycles. The quantitative estimate of drug-likeness (QED) is 0.0792. The second-order valence-corrected chi connectivity index (χ2v) is 24.2. The molecule has 57 heavy (non-hydrogen) atoms. The number of pyridine rings is 1. The van der Waals surface area contributed by atoms with E-state index < -0.39 is 8.07 Å². The third kappa shape index (κ3) is 8.78. The first-order chi connectivity index (χ1) is 27.4. The van der Waals surface area contributed by atoms with Crippen molar-refractivity contribution in [2.75, 3.05) is 76.1 Å². The number of hydrogen-bond acceptors (Lipinski definition) is 9. The fraction of sp³-hybridized carbons (Fsp3) is 0.511. The van der Waals surface area contributed by atoms with E-state index in [1.165, 1.54) is 24.7 Å². The van der Waals surface area contributed by atoms with Gasteiger partial charge in [-0.3, -0.25) is 4.90 Å². The lowest BCUT2D eigenvalue weighted by Gasteiger charge is -2.41. The Morgan fingerprint density at radius 3 is 2.53 bits per heavy atom. The van der Waals surface area contributed by atoms with E-state index in [1.807, 2.05) is 18.2 Å². The predicted octanol–water partition coefficient (Wildman–Crippen LogP) is 8.91. The van der Waals surface area contributed by atoms with Gasteiger partial charge >= 0.3 is 5.97 Å². The monoisotopic (exact) mass is 811 g/mol. The number of aromatic nitrogens is 2. The summed E-state index contributed by atoms with van der Waals surface area (Å²) in [6.07, 6.45) is 5.25. The van der Waals surface area contributed by atoms with E-state index in [0.29, 0.717) is 37.8 Å². The normalized spacial score (nSPS) is 21.1. The average molecular weight is 813 g/mol. The number of piperazine rings is 1. The number of nitrogens with zero attached hydrogens (tertiary/aromatic N) is 5. The van der Waals surface area contributed by atoms with Gasteiger partial charge in [-0.1, -0.05) is 62.8 Å². The molecule has 0 N–H and O–H groups in total. The van der Waals surface area contributed by atoms with Crippen LogP contribution in [0, 0.1) is 5.41 Å². The molecule has 2 fully saturated rings. The van der Waals surface area contributed by atoms with Crippen molar-refractivity contribution in [3.8, 4) is 5.88 Å². The number of fused-ring (bicyclic) bond motifs is 3. The number of hydrogen-bond donors (Lipinski definition) is 0. The lowest BCUT2D eigenvalue weighted by Crippen LogP contribution is -2.48. The molecule has 4 aliphatic rings. The van der Waals surface area contributed by atoms with E-state index in [1.54, 1.807) is 5.57 Å². The summed E-state index contributed by atoms with van der Waals surface area (Å²) in [6, 6.07) is 19.8. The number of esters is 1. The molecule has 0 spiro atoms. The van der Waals surface area contributed by atoms with E-state index in [0.717, 1.165) is 91.3 Å². The van der Waals surface area contributed by atoms with Crippen molar-refractivity contribution < 1.29 is 23.7 Å². The molecule has 2 aromatic heterocycles. The summed E-state index contributed by atoms with van der Waals surface area (Å²) in [5, 5.41) is 1.78. The Balaban J connectivity index is 1.04. The van der Waals surface area contributed by atoms with Crippen molar-refractivity contribution in [3.63, 3.8) is 0 Å². The van der Waals surface area contributed by atoms with Crippen molar-refractivity contribution in [3.05, 3.63) is 82.5 Å². The zero-order valence-corrected chi connectivity index (χ0v) is 36.2. The van der Waals surface area contributed by atoms with Gasteiger partial charge in [0.15, 0.2) is 0 Å². The van der Waals surface area contributed by atoms with E-state index in [9.17, 15) is 4.79 Å². The van der Waals surface area contributed by atoms with Gasteiger partial charge in [-0.2, -0.15) is 4.98 Å². The minimum absolute atomic E-state index is 0.127. The Labute approximate surface area is 343 Å². The molecular formula is C45H58ClN5O5Si. The van der Waals surface area contributed by atoms with E-state index >= 15 is 0 Å². The van der Waals surface area contributed by atoms with Gasteiger partial charge < -0.3 is 33.3 Å². The summed E-state index contributed by atoms with van der Waals surface area (Å²) >= 11 is 6.27. The van der Waals surface area contributed by atoms with E-state index in [-0.39, 0.29) is 23.5 Å². The maximum absolute atomic E-state index is 13.4. The first-order valence-electron chi connectivity index (χ1n) is 20.6. The van der Waals surface area contributed by atoms with E-state index in [4.69, 9.17) is 35.5 Å². The fourth-order valence-electron chi connectivity index (χ4n) is 8.77. The number of carbonyl (C=O) groups excluding carboxylic acids is 1. The van der Waals surface area contributed by atoms with Crippen LogP contribution in [0.4, 0.5) is 17.1 Å². The highest BCUT2D eigenvalue weighted by Crippen LogP contribution is 2.46.